The molecule has 1 heterocycles. The Labute approximate surface area is 171 Å². The largest absolute Gasteiger partial charge is 0.468 e. The van der Waals surface area contributed by atoms with Gasteiger partial charge in [0.25, 0.3) is 0 Å². The Bertz CT molecular complexity index is 856. The second-order valence-corrected chi connectivity index (χ2v) is 8.44. The zero-order chi connectivity index (χ0) is 21.1. The minimum absolute atomic E-state index is 0.148. The molecule has 0 radical (unpaired) electrons. The van der Waals surface area contributed by atoms with E-state index in [2.05, 4.69) is 10.3 Å². The Balaban J connectivity index is 1.60. The number of benzene rings is 1. The number of imidazole rings is 1. The van der Waals surface area contributed by atoms with Crippen LogP contribution in [-0.4, -0.2) is 40.9 Å². The van der Waals surface area contributed by atoms with Gasteiger partial charge >= 0.3 is 12.1 Å². The molecule has 0 spiro atoms. The van der Waals surface area contributed by atoms with Crippen LogP contribution >= 0.6 is 0 Å². The average molecular weight is 399 g/mol. The molecule has 7 nitrogen and oxygen atoms in total. The van der Waals surface area contributed by atoms with Crippen molar-refractivity contribution in [2.75, 3.05) is 13.7 Å². The molecule has 1 saturated carbocycles. The van der Waals surface area contributed by atoms with Crippen LogP contribution in [0.4, 0.5) is 4.79 Å². The standard InChI is InChI=1S/C22H29N3O4/c1-21(2,3)29-20(27)23-12-8-9-16-13-22(16,19(26)28-4)18-14-25(15-24-18)17-10-6-5-7-11-17/h5-7,10-11,14-16H,8-9,12-13H2,1-4H3,(H,23,27)/t16-,22+/m0/s1. The van der Waals surface area contributed by atoms with E-state index in [1.807, 2.05) is 61.9 Å². The van der Waals surface area contributed by atoms with E-state index in [1.54, 1.807) is 6.33 Å². The maximum absolute atomic E-state index is 12.6. The van der Waals surface area contributed by atoms with Crippen LogP contribution in [0.3, 0.4) is 0 Å². The van der Waals surface area contributed by atoms with Gasteiger partial charge in [0.15, 0.2) is 0 Å². The maximum Gasteiger partial charge on any atom is 0.407 e. The highest BCUT2D eigenvalue weighted by atomic mass is 16.6. The summed E-state index contributed by atoms with van der Waals surface area (Å²) in [5.74, 6) is -0.101. The summed E-state index contributed by atoms with van der Waals surface area (Å²) in [7, 11) is 1.41. The van der Waals surface area contributed by atoms with Gasteiger partial charge in [-0.3, -0.25) is 4.79 Å². The summed E-state index contributed by atoms with van der Waals surface area (Å²) in [6.07, 6.45) is 5.47. The number of nitrogens with zero attached hydrogens (tertiary/aromatic N) is 2. The Morgan fingerprint density at radius 1 is 1.28 bits per heavy atom. The number of alkyl carbamates (subject to hydrolysis) is 1. The van der Waals surface area contributed by atoms with Crippen LogP contribution in [0.1, 0.15) is 45.7 Å². The number of aromatic nitrogens is 2. The normalized spacial score (nSPS) is 20.8. The second kappa shape index (κ2) is 8.27. The van der Waals surface area contributed by atoms with Gasteiger partial charge in [-0.05, 0) is 58.1 Å². The number of hydrogen-bond acceptors (Lipinski definition) is 5. The SMILES string of the molecule is COC(=O)[C@]1(c2cn(-c3ccccc3)cn2)C[C@@H]1CCCNC(=O)OC(C)(C)C. The molecule has 1 N–H and O–H groups in total. The highest BCUT2D eigenvalue weighted by molar-refractivity contribution is 5.86. The van der Waals surface area contributed by atoms with Crippen LogP contribution in [0.25, 0.3) is 5.69 Å². The first kappa shape index (κ1) is 20.9. The molecule has 1 amide bonds. The predicted molar refractivity (Wildman–Crippen MR) is 109 cm³/mol. The number of rotatable bonds is 7. The summed E-state index contributed by atoms with van der Waals surface area (Å²) in [4.78, 5) is 28.8. The molecule has 1 fully saturated rings. The molecule has 1 aromatic carbocycles. The number of carbonyl (C=O) groups excluding carboxylic acids is 2. The Morgan fingerprint density at radius 2 is 2.00 bits per heavy atom. The van der Waals surface area contributed by atoms with Gasteiger partial charge in [-0.2, -0.15) is 0 Å². The van der Waals surface area contributed by atoms with Crippen molar-refractivity contribution in [1.82, 2.24) is 14.9 Å². The molecule has 1 aliphatic rings. The number of esters is 1. The summed E-state index contributed by atoms with van der Waals surface area (Å²) in [5.41, 5.74) is 0.516. The number of amides is 1. The highest BCUT2D eigenvalue weighted by Gasteiger charge is 2.63. The number of ether oxygens (including phenoxy) is 2. The molecule has 2 aromatic rings. The zero-order valence-electron chi connectivity index (χ0n) is 17.5. The van der Waals surface area contributed by atoms with Crippen molar-refractivity contribution < 1.29 is 19.1 Å². The lowest BCUT2D eigenvalue weighted by molar-refractivity contribution is -0.144. The van der Waals surface area contributed by atoms with Gasteiger partial charge in [-0.15, -0.1) is 0 Å². The van der Waals surface area contributed by atoms with Crippen LogP contribution in [0, 0.1) is 5.92 Å². The third-order valence-electron chi connectivity index (χ3n) is 5.15. The third-order valence-corrected chi connectivity index (χ3v) is 5.15. The lowest BCUT2D eigenvalue weighted by Gasteiger charge is -2.19. The summed E-state index contributed by atoms with van der Waals surface area (Å²) >= 11 is 0. The number of hydrogen-bond donors (Lipinski definition) is 1. The maximum atomic E-state index is 12.6. The van der Waals surface area contributed by atoms with E-state index in [9.17, 15) is 9.59 Å². The third kappa shape index (κ3) is 4.78. The fraction of sp³-hybridized carbons (Fsp3) is 0.500. The molecule has 3 rings (SSSR count). The van der Waals surface area contributed by atoms with Crippen LogP contribution in [0.5, 0.6) is 0 Å². The molecule has 0 saturated heterocycles. The molecule has 29 heavy (non-hydrogen) atoms. The predicted octanol–water partition coefficient (Wildman–Crippen LogP) is 3.61. The molecular weight excluding hydrogens is 370 g/mol. The summed E-state index contributed by atoms with van der Waals surface area (Å²) in [6, 6.07) is 9.86. The first-order valence-corrected chi connectivity index (χ1v) is 9.91. The number of para-hydroxylation sites is 1. The van der Waals surface area contributed by atoms with Gasteiger partial charge in [-0.1, -0.05) is 18.2 Å². The molecule has 156 valence electrons. The van der Waals surface area contributed by atoms with Crippen molar-refractivity contribution in [3.8, 4) is 5.69 Å². The smallest absolute Gasteiger partial charge is 0.407 e. The van der Waals surface area contributed by atoms with Crippen molar-refractivity contribution in [3.05, 3.63) is 48.5 Å². The summed E-state index contributed by atoms with van der Waals surface area (Å²) in [6.45, 7) is 5.99. The molecule has 0 unspecified atom stereocenters. The van der Waals surface area contributed by atoms with E-state index in [-0.39, 0.29) is 11.9 Å². The van der Waals surface area contributed by atoms with E-state index in [0.29, 0.717) is 13.0 Å². The Kier molecular flexibility index (Phi) is 5.96. The Hall–Kier alpha value is -2.83. The second-order valence-electron chi connectivity index (χ2n) is 8.44. The topological polar surface area (TPSA) is 82.5 Å². The average Bonchev–Trinajstić information content (AvgIpc) is 3.19. The molecule has 0 aliphatic heterocycles. The van der Waals surface area contributed by atoms with E-state index in [0.717, 1.165) is 24.2 Å². The number of nitrogens with one attached hydrogen (secondary N) is 1. The molecule has 7 heteroatoms. The van der Waals surface area contributed by atoms with Gasteiger partial charge in [0.2, 0.25) is 0 Å². The van der Waals surface area contributed by atoms with Crippen molar-refractivity contribution >= 4 is 12.1 Å². The molecular formula is C22H29N3O4. The van der Waals surface area contributed by atoms with Crippen LogP contribution < -0.4 is 5.32 Å². The fourth-order valence-corrected chi connectivity index (χ4v) is 3.68. The van der Waals surface area contributed by atoms with E-state index in [4.69, 9.17) is 9.47 Å². The first-order chi connectivity index (χ1) is 13.8. The van der Waals surface area contributed by atoms with Crippen molar-refractivity contribution in [2.45, 2.75) is 51.0 Å². The monoisotopic (exact) mass is 399 g/mol. The molecule has 2 atom stereocenters. The summed E-state index contributed by atoms with van der Waals surface area (Å²) in [5, 5.41) is 2.76. The lowest BCUT2D eigenvalue weighted by atomic mass is 9.97. The minimum Gasteiger partial charge on any atom is -0.468 e. The molecule has 1 aromatic heterocycles. The fourth-order valence-electron chi connectivity index (χ4n) is 3.68. The Morgan fingerprint density at radius 3 is 2.66 bits per heavy atom. The van der Waals surface area contributed by atoms with Gasteiger partial charge in [-0.25, -0.2) is 9.78 Å². The van der Waals surface area contributed by atoms with Crippen LogP contribution in [-0.2, 0) is 19.7 Å². The van der Waals surface area contributed by atoms with Crippen molar-refractivity contribution in [2.24, 2.45) is 5.92 Å². The van der Waals surface area contributed by atoms with Gasteiger partial charge < -0.3 is 19.4 Å². The quantitative estimate of drug-likeness (QED) is 0.568. The van der Waals surface area contributed by atoms with E-state index >= 15 is 0 Å². The number of methoxy groups -OCH3 is 1. The molecule has 0 bridgehead atoms. The van der Waals surface area contributed by atoms with Crippen molar-refractivity contribution in [1.29, 1.82) is 0 Å². The number of carbonyl (C=O) groups is 2. The highest BCUT2D eigenvalue weighted by Crippen LogP contribution is 2.56. The summed E-state index contributed by atoms with van der Waals surface area (Å²) < 4.78 is 12.2. The van der Waals surface area contributed by atoms with Gasteiger partial charge in [0, 0.05) is 18.4 Å². The van der Waals surface area contributed by atoms with Gasteiger partial charge in [0.1, 0.15) is 11.0 Å². The van der Waals surface area contributed by atoms with Crippen molar-refractivity contribution in [3.63, 3.8) is 0 Å². The van der Waals surface area contributed by atoms with Crippen LogP contribution in [0.2, 0.25) is 0 Å². The first-order valence-electron chi connectivity index (χ1n) is 9.91. The lowest BCUT2D eigenvalue weighted by Crippen LogP contribution is -2.33. The van der Waals surface area contributed by atoms with E-state index in [1.165, 1.54) is 7.11 Å². The van der Waals surface area contributed by atoms with E-state index < -0.39 is 17.1 Å². The minimum atomic E-state index is -0.694. The molecule has 1 aliphatic carbocycles. The van der Waals surface area contributed by atoms with Crippen LogP contribution in [0.15, 0.2) is 42.9 Å². The zero-order valence-corrected chi connectivity index (χ0v) is 17.5. The van der Waals surface area contributed by atoms with Gasteiger partial charge in [0.05, 0.1) is 19.1 Å².